The molecule has 4 nitrogen and oxygen atoms in total. The van der Waals surface area contributed by atoms with Crippen LogP contribution in [0.3, 0.4) is 0 Å². The SMILES string of the molecule is Cc1ccsc1/C=C1\Oc2c3c(cc(C)c2C1=O)OCN(C1CC1)C3. The van der Waals surface area contributed by atoms with Crippen LogP contribution in [0.5, 0.6) is 11.5 Å². The van der Waals surface area contributed by atoms with Gasteiger partial charge in [0.25, 0.3) is 0 Å². The van der Waals surface area contributed by atoms with Crippen molar-refractivity contribution in [1.82, 2.24) is 4.90 Å². The highest BCUT2D eigenvalue weighted by atomic mass is 32.1. The molecule has 1 aromatic heterocycles. The summed E-state index contributed by atoms with van der Waals surface area (Å²) in [6.07, 6.45) is 4.33. The van der Waals surface area contributed by atoms with Gasteiger partial charge < -0.3 is 9.47 Å². The van der Waals surface area contributed by atoms with E-state index in [1.807, 2.05) is 31.4 Å². The summed E-state index contributed by atoms with van der Waals surface area (Å²) in [5.41, 5.74) is 3.79. The second-order valence-electron chi connectivity index (χ2n) is 7.03. The number of carbonyl (C=O) groups is 1. The molecule has 0 amide bonds. The highest BCUT2D eigenvalue weighted by Gasteiger charge is 2.38. The first-order valence-corrected chi connectivity index (χ1v) is 9.51. The Labute approximate surface area is 150 Å². The molecule has 1 aromatic carbocycles. The number of nitrogens with zero attached hydrogens (tertiary/aromatic N) is 1. The molecule has 2 aromatic rings. The summed E-state index contributed by atoms with van der Waals surface area (Å²) in [5.74, 6) is 1.95. The molecule has 2 aliphatic heterocycles. The maximum atomic E-state index is 12.9. The highest BCUT2D eigenvalue weighted by molar-refractivity contribution is 7.11. The predicted octanol–water partition coefficient (Wildman–Crippen LogP) is 4.30. The smallest absolute Gasteiger partial charge is 0.232 e. The second-order valence-corrected chi connectivity index (χ2v) is 7.98. The van der Waals surface area contributed by atoms with Crippen molar-refractivity contribution in [1.29, 1.82) is 0 Å². The number of Topliss-reactive ketones (excluding diaryl/α,β-unsaturated/α-hetero) is 1. The molecule has 0 atom stereocenters. The molecule has 3 aliphatic rings. The van der Waals surface area contributed by atoms with Gasteiger partial charge in [0.2, 0.25) is 5.78 Å². The number of ketones is 1. The summed E-state index contributed by atoms with van der Waals surface area (Å²) in [5, 5.41) is 2.03. The maximum absolute atomic E-state index is 12.9. The van der Waals surface area contributed by atoms with Crippen LogP contribution in [0.15, 0.2) is 23.3 Å². The fourth-order valence-electron chi connectivity index (χ4n) is 3.57. The summed E-state index contributed by atoms with van der Waals surface area (Å²) in [6.45, 7) is 5.42. The van der Waals surface area contributed by atoms with Crippen LogP contribution in [-0.2, 0) is 6.54 Å². The molecular formula is C20H19NO3S. The van der Waals surface area contributed by atoms with Gasteiger partial charge >= 0.3 is 0 Å². The van der Waals surface area contributed by atoms with Crippen LogP contribution in [0.1, 0.15) is 44.8 Å². The molecule has 0 N–H and O–H groups in total. The van der Waals surface area contributed by atoms with Gasteiger partial charge in [-0.15, -0.1) is 11.3 Å². The third kappa shape index (κ3) is 2.41. The largest absolute Gasteiger partial charge is 0.478 e. The number of aryl methyl sites for hydroxylation is 2. The lowest BCUT2D eigenvalue weighted by Gasteiger charge is -2.30. The Morgan fingerprint density at radius 3 is 2.84 bits per heavy atom. The molecule has 0 radical (unpaired) electrons. The lowest BCUT2D eigenvalue weighted by Crippen LogP contribution is -2.34. The molecule has 1 saturated carbocycles. The topological polar surface area (TPSA) is 38.8 Å². The zero-order valence-corrected chi connectivity index (χ0v) is 15.1. The van der Waals surface area contributed by atoms with Crippen LogP contribution >= 0.6 is 11.3 Å². The number of ether oxygens (including phenoxy) is 2. The van der Waals surface area contributed by atoms with E-state index in [0.29, 0.717) is 29.8 Å². The van der Waals surface area contributed by atoms with E-state index in [1.165, 1.54) is 12.8 Å². The van der Waals surface area contributed by atoms with E-state index in [2.05, 4.69) is 11.0 Å². The van der Waals surface area contributed by atoms with Crippen molar-refractivity contribution in [3.05, 3.63) is 50.4 Å². The van der Waals surface area contributed by atoms with Gasteiger partial charge in [-0.3, -0.25) is 9.69 Å². The minimum Gasteiger partial charge on any atom is -0.478 e. The Bertz CT molecular complexity index is 923. The van der Waals surface area contributed by atoms with Crippen LogP contribution in [0, 0.1) is 13.8 Å². The summed E-state index contributed by atoms with van der Waals surface area (Å²) >= 11 is 1.62. The number of fused-ring (bicyclic) bond motifs is 3. The fraction of sp³-hybridized carbons (Fsp3) is 0.350. The number of benzene rings is 1. The Morgan fingerprint density at radius 2 is 2.12 bits per heavy atom. The third-order valence-corrected chi connectivity index (χ3v) is 6.14. The molecule has 0 bridgehead atoms. The van der Waals surface area contributed by atoms with E-state index in [-0.39, 0.29) is 5.78 Å². The van der Waals surface area contributed by atoms with Crippen LogP contribution in [-0.4, -0.2) is 23.5 Å². The van der Waals surface area contributed by atoms with Gasteiger partial charge in [-0.1, -0.05) is 0 Å². The quantitative estimate of drug-likeness (QED) is 0.755. The van der Waals surface area contributed by atoms with Gasteiger partial charge in [0.1, 0.15) is 18.2 Å². The molecule has 1 fully saturated rings. The van der Waals surface area contributed by atoms with Gasteiger partial charge in [0.15, 0.2) is 5.76 Å². The number of rotatable bonds is 2. The molecule has 25 heavy (non-hydrogen) atoms. The molecule has 128 valence electrons. The Kier molecular flexibility index (Phi) is 3.30. The summed E-state index contributed by atoms with van der Waals surface area (Å²) in [7, 11) is 0. The van der Waals surface area contributed by atoms with Crippen LogP contribution in [0.4, 0.5) is 0 Å². The average molecular weight is 353 g/mol. The number of hydrogen-bond acceptors (Lipinski definition) is 5. The van der Waals surface area contributed by atoms with Crippen molar-refractivity contribution in [3.63, 3.8) is 0 Å². The second kappa shape index (κ2) is 5.44. The van der Waals surface area contributed by atoms with E-state index < -0.39 is 0 Å². The van der Waals surface area contributed by atoms with E-state index in [4.69, 9.17) is 9.47 Å². The van der Waals surface area contributed by atoms with Crippen molar-refractivity contribution in [3.8, 4) is 11.5 Å². The van der Waals surface area contributed by atoms with Gasteiger partial charge in [-0.05, 0) is 55.3 Å². The molecule has 0 saturated heterocycles. The number of carbonyl (C=O) groups excluding carboxylic acids is 1. The van der Waals surface area contributed by atoms with Gasteiger partial charge in [0, 0.05) is 23.5 Å². The zero-order chi connectivity index (χ0) is 17.1. The Balaban J connectivity index is 1.57. The molecule has 3 heterocycles. The van der Waals surface area contributed by atoms with Gasteiger partial charge in [-0.25, -0.2) is 0 Å². The first kappa shape index (κ1) is 15.2. The van der Waals surface area contributed by atoms with E-state index in [1.54, 1.807) is 11.3 Å². The Hall–Kier alpha value is -2.11. The van der Waals surface area contributed by atoms with E-state index in [0.717, 1.165) is 33.9 Å². The van der Waals surface area contributed by atoms with Gasteiger partial charge in [-0.2, -0.15) is 0 Å². The van der Waals surface area contributed by atoms with E-state index >= 15 is 0 Å². The number of allylic oxidation sites excluding steroid dienone is 1. The fourth-order valence-corrected chi connectivity index (χ4v) is 4.42. The molecule has 5 rings (SSSR count). The molecule has 0 unspecified atom stereocenters. The summed E-state index contributed by atoms with van der Waals surface area (Å²) in [4.78, 5) is 16.3. The summed E-state index contributed by atoms with van der Waals surface area (Å²) < 4.78 is 12.0. The van der Waals surface area contributed by atoms with Crippen molar-refractivity contribution in [2.45, 2.75) is 39.3 Å². The monoisotopic (exact) mass is 353 g/mol. The van der Waals surface area contributed by atoms with E-state index in [9.17, 15) is 4.79 Å². The Morgan fingerprint density at radius 1 is 1.28 bits per heavy atom. The predicted molar refractivity (Wildman–Crippen MR) is 97.2 cm³/mol. The standard InChI is InChI=1S/C20H19NO3S/c1-11-5-6-25-17(11)8-16-19(22)18-12(2)7-15-14(20(18)24-16)9-21(10-23-15)13-3-4-13/h5-8,13H,3-4,9-10H2,1-2H3/b16-8-. The number of thiophene rings is 1. The minimum atomic E-state index is -0.0216. The highest BCUT2D eigenvalue weighted by Crippen LogP contribution is 2.45. The van der Waals surface area contributed by atoms with Crippen molar-refractivity contribution in [2.75, 3.05) is 6.73 Å². The van der Waals surface area contributed by atoms with Gasteiger partial charge in [0.05, 0.1) is 11.1 Å². The lowest BCUT2D eigenvalue weighted by atomic mass is 9.99. The van der Waals surface area contributed by atoms with Crippen molar-refractivity contribution < 1.29 is 14.3 Å². The average Bonchev–Trinajstić information content (AvgIpc) is 3.29. The van der Waals surface area contributed by atoms with Crippen LogP contribution in [0.2, 0.25) is 0 Å². The number of hydrogen-bond donors (Lipinski definition) is 0. The normalized spacial score (nSPS) is 21.0. The molecule has 1 aliphatic carbocycles. The van der Waals surface area contributed by atoms with Crippen LogP contribution in [0.25, 0.3) is 6.08 Å². The van der Waals surface area contributed by atoms with Crippen molar-refractivity contribution >= 4 is 23.2 Å². The lowest BCUT2D eigenvalue weighted by molar-refractivity contribution is 0.0867. The first-order chi connectivity index (χ1) is 12.1. The minimum absolute atomic E-state index is 0.0216. The molecule has 0 spiro atoms. The molecule has 5 heteroatoms. The summed E-state index contributed by atoms with van der Waals surface area (Å²) in [6, 6.07) is 4.66. The van der Waals surface area contributed by atoms with Crippen molar-refractivity contribution in [2.24, 2.45) is 0 Å². The maximum Gasteiger partial charge on any atom is 0.232 e. The molecular weight excluding hydrogens is 334 g/mol. The first-order valence-electron chi connectivity index (χ1n) is 8.63. The van der Waals surface area contributed by atoms with Crippen LogP contribution < -0.4 is 9.47 Å². The zero-order valence-electron chi connectivity index (χ0n) is 14.3. The third-order valence-electron chi connectivity index (χ3n) is 5.18.